The number of phosphoric ester groups is 2. The summed E-state index contributed by atoms with van der Waals surface area (Å²) < 4.78 is 49.6. The molecule has 0 amide bonds. The predicted molar refractivity (Wildman–Crippen MR) is 63.9 cm³/mol. The molecule has 12 nitrogen and oxygen atoms in total. The average Bonchev–Trinajstić information content (AvgIpc) is 2.51. The van der Waals surface area contributed by atoms with E-state index < -0.39 is 54.9 Å². The molecule has 0 bridgehead atoms. The minimum atomic E-state index is -4.87. The van der Waals surface area contributed by atoms with Crippen molar-refractivity contribution in [3.63, 3.8) is 0 Å². The summed E-state index contributed by atoms with van der Waals surface area (Å²) in [5, 5.41) is 9.77. The fourth-order valence-corrected chi connectivity index (χ4v) is 3.49. The fraction of sp³-hybridized carbons (Fsp3) is 1.00. The molecule has 0 aliphatic carbocycles. The molecule has 5 N–H and O–H groups in total. The summed E-state index contributed by atoms with van der Waals surface area (Å²) in [6, 6.07) is 0. The van der Waals surface area contributed by atoms with Crippen LogP contribution in [0.15, 0.2) is 0 Å². The standard InChI is InChI=1S/C6H13O12P3/c1-3-6(17-20(10,11)12)5(7)4(16-3)2-15-21(13,14)18-19(8)9/h3-7H,2H2,1H3,(H3-,8,9,10,11,12,13,14)/p+1/t3-,4+,5+,6-/m0/s1. The van der Waals surface area contributed by atoms with Crippen LogP contribution < -0.4 is 0 Å². The summed E-state index contributed by atoms with van der Waals surface area (Å²) >= 11 is 0. The SMILES string of the molecule is C[C@@H]1O[C@H](COP(=O)(O)O[P+](=O)O)[C@@H](O)[C@H]1OP(=O)(O)O. The number of phosphoric acid groups is 2. The van der Waals surface area contributed by atoms with Gasteiger partial charge in [0, 0.05) is 4.57 Å². The van der Waals surface area contributed by atoms with Gasteiger partial charge in [0.05, 0.1) is 12.7 Å². The molecule has 0 saturated carbocycles. The summed E-state index contributed by atoms with van der Waals surface area (Å²) in [6.07, 6.45) is -5.13. The molecule has 21 heavy (non-hydrogen) atoms. The summed E-state index contributed by atoms with van der Waals surface area (Å²) in [5.41, 5.74) is 0. The van der Waals surface area contributed by atoms with E-state index in [1.165, 1.54) is 6.92 Å². The molecular weight excluding hydrogens is 357 g/mol. The van der Waals surface area contributed by atoms with E-state index in [0.717, 1.165) is 0 Å². The zero-order chi connectivity index (χ0) is 16.4. The van der Waals surface area contributed by atoms with Crippen molar-refractivity contribution in [3.05, 3.63) is 0 Å². The summed E-state index contributed by atoms with van der Waals surface area (Å²) in [6.45, 7) is 0.618. The lowest BCUT2D eigenvalue weighted by Crippen LogP contribution is -2.35. The van der Waals surface area contributed by atoms with Gasteiger partial charge in [-0.05, 0) is 11.2 Å². The van der Waals surface area contributed by atoms with E-state index in [2.05, 4.69) is 13.4 Å². The molecule has 0 aromatic carbocycles. The third kappa shape index (κ3) is 6.45. The molecule has 1 saturated heterocycles. The Morgan fingerprint density at radius 1 is 1.29 bits per heavy atom. The molecule has 6 atom stereocenters. The topological polar surface area (TPSA) is 189 Å². The first-order valence-electron chi connectivity index (χ1n) is 5.32. The van der Waals surface area contributed by atoms with Gasteiger partial charge < -0.3 is 19.6 Å². The van der Waals surface area contributed by atoms with Crippen LogP contribution in [-0.4, -0.2) is 55.7 Å². The smallest absolute Gasteiger partial charge is 0.387 e. The van der Waals surface area contributed by atoms with Crippen LogP contribution in [0.5, 0.6) is 0 Å². The van der Waals surface area contributed by atoms with Crippen molar-refractivity contribution in [3.8, 4) is 0 Å². The molecule has 1 rings (SSSR count). The van der Waals surface area contributed by atoms with E-state index >= 15 is 0 Å². The van der Waals surface area contributed by atoms with E-state index in [9.17, 15) is 18.8 Å². The van der Waals surface area contributed by atoms with Crippen LogP contribution in [0.25, 0.3) is 0 Å². The van der Waals surface area contributed by atoms with Gasteiger partial charge in [-0.3, -0.25) is 13.9 Å². The minimum Gasteiger partial charge on any atom is -0.387 e. The van der Waals surface area contributed by atoms with Crippen LogP contribution in [0.4, 0.5) is 0 Å². The molecule has 0 aromatic heterocycles. The van der Waals surface area contributed by atoms with Gasteiger partial charge in [0.15, 0.2) is 0 Å². The van der Waals surface area contributed by atoms with Crippen molar-refractivity contribution < 1.29 is 56.5 Å². The number of hydrogen-bond donors (Lipinski definition) is 5. The maximum Gasteiger partial charge on any atom is 0.705 e. The Balaban J connectivity index is 2.60. The maximum absolute atomic E-state index is 11.2. The molecule has 1 aliphatic heterocycles. The molecule has 0 radical (unpaired) electrons. The molecule has 124 valence electrons. The van der Waals surface area contributed by atoms with Crippen LogP contribution in [0.2, 0.25) is 0 Å². The maximum atomic E-state index is 11.2. The number of rotatable bonds is 7. The fourth-order valence-electron chi connectivity index (χ4n) is 1.65. The highest BCUT2D eigenvalue weighted by Gasteiger charge is 2.46. The number of aliphatic hydroxyl groups is 1. The van der Waals surface area contributed by atoms with Crippen molar-refractivity contribution in [2.75, 3.05) is 6.61 Å². The first-order valence-corrected chi connectivity index (χ1v) is 9.47. The lowest BCUT2D eigenvalue weighted by Gasteiger charge is -2.19. The highest BCUT2D eigenvalue weighted by molar-refractivity contribution is 7.55. The molecule has 1 aliphatic rings. The zero-order valence-electron chi connectivity index (χ0n) is 10.5. The van der Waals surface area contributed by atoms with Gasteiger partial charge in [-0.2, -0.15) is 0 Å². The van der Waals surface area contributed by atoms with Crippen molar-refractivity contribution in [2.45, 2.75) is 31.3 Å². The van der Waals surface area contributed by atoms with E-state index in [1.807, 2.05) is 0 Å². The first kappa shape index (κ1) is 19.2. The highest BCUT2D eigenvalue weighted by Crippen LogP contribution is 2.51. The normalized spacial score (nSPS) is 33.7. The lowest BCUT2D eigenvalue weighted by atomic mass is 10.1. The van der Waals surface area contributed by atoms with Crippen molar-refractivity contribution in [2.24, 2.45) is 0 Å². The van der Waals surface area contributed by atoms with E-state index in [0.29, 0.717) is 0 Å². The molecule has 15 heteroatoms. The lowest BCUT2D eigenvalue weighted by molar-refractivity contribution is -0.0164. The third-order valence-corrected chi connectivity index (χ3v) is 4.78. The zero-order valence-corrected chi connectivity index (χ0v) is 13.1. The second-order valence-electron chi connectivity index (χ2n) is 4.01. The Morgan fingerprint density at radius 2 is 1.86 bits per heavy atom. The van der Waals surface area contributed by atoms with E-state index in [4.69, 9.17) is 24.3 Å². The van der Waals surface area contributed by atoms with Crippen molar-refractivity contribution in [1.82, 2.24) is 0 Å². The van der Waals surface area contributed by atoms with Crippen LogP contribution in [0.3, 0.4) is 0 Å². The van der Waals surface area contributed by atoms with Gasteiger partial charge in [-0.25, -0.2) is 9.13 Å². The van der Waals surface area contributed by atoms with Gasteiger partial charge in [-0.15, -0.1) is 4.89 Å². The second kappa shape index (κ2) is 7.18. The Labute approximate surface area is 119 Å². The Morgan fingerprint density at radius 3 is 2.33 bits per heavy atom. The number of ether oxygens (including phenoxy) is 1. The van der Waals surface area contributed by atoms with Crippen LogP contribution in [0.1, 0.15) is 6.92 Å². The van der Waals surface area contributed by atoms with Gasteiger partial charge in [0.25, 0.3) is 0 Å². The van der Waals surface area contributed by atoms with Crippen LogP contribution >= 0.6 is 23.9 Å². The predicted octanol–water partition coefficient (Wildman–Crippen LogP) is -0.604. The Hall–Kier alpha value is 0.200. The van der Waals surface area contributed by atoms with Gasteiger partial charge in [-0.1, -0.05) is 0 Å². The van der Waals surface area contributed by atoms with E-state index in [-0.39, 0.29) is 0 Å². The largest absolute Gasteiger partial charge is 0.705 e. The van der Waals surface area contributed by atoms with Gasteiger partial charge in [0.1, 0.15) is 18.3 Å². The summed E-state index contributed by atoms with van der Waals surface area (Å²) in [4.78, 5) is 34.7. The molecular formula is C6H14O12P3+. The average molecular weight is 371 g/mol. The first-order chi connectivity index (χ1) is 9.41. The van der Waals surface area contributed by atoms with Gasteiger partial charge >= 0.3 is 23.9 Å². The van der Waals surface area contributed by atoms with Crippen LogP contribution in [0, 0.1) is 0 Å². The Kier molecular flexibility index (Phi) is 6.58. The minimum absolute atomic E-state index is 0.733. The summed E-state index contributed by atoms with van der Waals surface area (Å²) in [7, 11) is -13.1. The van der Waals surface area contributed by atoms with Gasteiger partial charge in [0.2, 0.25) is 0 Å². The highest BCUT2D eigenvalue weighted by atomic mass is 31.2. The summed E-state index contributed by atoms with van der Waals surface area (Å²) in [5.74, 6) is 0. The third-order valence-electron chi connectivity index (χ3n) is 2.40. The monoisotopic (exact) mass is 371 g/mol. The quantitative estimate of drug-likeness (QED) is 0.358. The van der Waals surface area contributed by atoms with Crippen LogP contribution in [-0.2, 0) is 31.8 Å². The Bertz CT molecular complexity index is 474. The van der Waals surface area contributed by atoms with Crippen molar-refractivity contribution in [1.29, 1.82) is 0 Å². The van der Waals surface area contributed by atoms with Crippen molar-refractivity contribution >= 4 is 23.9 Å². The molecule has 0 spiro atoms. The number of aliphatic hydroxyl groups excluding tert-OH is 1. The second-order valence-corrected chi connectivity index (χ2v) is 7.53. The molecule has 2 unspecified atom stereocenters. The number of hydrogen-bond acceptors (Lipinski definition) is 8. The molecule has 0 aromatic rings. The molecule has 1 heterocycles. The molecule has 1 fully saturated rings. The van der Waals surface area contributed by atoms with E-state index in [1.54, 1.807) is 0 Å².